The molecule has 3 N–H and O–H groups in total. The molecule has 23 heavy (non-hydrogen) atoms. The summed E-state index contributed by atoms with van der Waals surface area (Å²) < 4.78 is 10.5. The molecule has 7 nitrogen and oxygen atoms in total. The van der Waals surface area contributed by atoms with E-state index in [4.69, 9.17) is 9.47 Å². The lowest BCUT2D eigenvalue weighted by Gasteiger charge is -2.22. The van der Waals surface area contributed by atoms with Gasteiger partial charge in [-0.05, 0) is 25.0 Å². The molecule has 1 aliphatic carbocycles. The number of amides is 3. The molecule has 0 atom stereocenters. The fraction of sp³-hybridized carbons (Fsp3) is 0.500. The van der Waals surface area contributed by atoms with Crippen LogP contribution in [-0.2, 0) is 4.79 Å². The fourth-order valence-electron chi connectivity index (χ4n) is 2.82. The van der Waals surface area contributed by atoms with Crippen molar-refractivity contribution in [1.82, 2.24) is 10.6 Å². The van der Waals surface area contributed by atoms with Crippen LogP contribution in [0.3, 0.4) is 0 Å². The molecule has 1 aliphatic heterocycles. The lowest BCUT2D eigenvalue weighted by atomic mass is 9.96. The fourth-order valence-corrected chi connectivity index (χ4v) is 2.82. The lowest BCUT2D eigenvalue weighted by molar-refractivity contribution is -0.115. The zero-order chi connectivity index (χ0) is 16.1. The molecule has 0 spiro atoms. The van der Waals surface area contributed by atoms with Crippen molar-refractivity contribution in [3.8, 4) is 11.5 Å². The molecular weight excluding hydrogens is 298 g/mol. The number of carbonyl (C=O) groups excluding carboxylic acids is 2. The van der Waals surface area contributed by atoms with Crippen LogP contribution in [-0.4, -0.2) is 31.3 Å². The first kappa shape index (κ1) is 15.5. The average molecular weight is 319 g/mol. The molecule has 1 heterocycles. The Kier molecular flexibility index (Phi) is 4.85. The Labute approximate surface area is 134 Å². The van der Waals surface area contributed by atoms with Gasteiger partial charge < -0.3 is 25.4 Å². The highest BCUT2D eigenvalue weighted by Crippen LogP contribution is 2.34. The maximum atomic E-state index is 11.9. The van der Waals surface area contributed by atoms with Crippen molar-refractivity contribution in [2.75, 3.05) is 18.7 Å². The number of nitrogens with one attached hydrogen (secondary N) is 3. The third-order valence-electron chi connectivity index (χ3n) is 4.01. The standard InChI is InChI=1S/C16H21N3O4/c20-15(9-17-16(21)19-11-4-2-1-3-5-11)18-12-6-7-13-14(8-12)23-10-22-13/h6-8,11H,1-5,9-10H2,(H,18,20)(H2,17,19,21). The van der Waals surface area contributed by atoms with Gasteiger partial charge in [-0.3, -0.25) is 4.79 Å². The summed E-state index contributed by atoms with van der Waals surface area (Å²) in [6.45, 7) is 0.114. The van der Waals surface area contributed by atoms with E-state index in [0.717, 1.165) is 25.7 Å². The number of benzene rings is 1. The van der Waals surface area contributed by atoms with Gasteiger partial charge >= 0.3 is 6.03 Å². The van der Waals surface area contributed by atoms with Crippen LogP contribution in [0.15, 0.2) is 18.2 Å². The zero-order valence-corrected chi connectivity index (χ0v) is 12.9. The van der Waals surface area contributed by atoms with Crippen LogP contribution in [0.2, 0.25) is 0 Å². The van der Waals surface area contributed by atoms with Crippen LogP contribution >= 0.6 is 0 Å². The van der Waals surface area contributed by atoms with E-state index in [0.29, 0.717) is 17.2 Å². The largest absolute Gasteiger partial charge is 0.454 e. The van der Waals surface area contributed by atoms with E-state index in [1.165, 1.54) is 6.42 Å². The first-order valence-corrected chi connectivity index (χ1v) is 7.94. The second-order valence-electron chi connectivity index (χ2n) is 5.78. The van der Waals surface area contributed by atoms with E-state index in [1.54, 1.807) is 18.2 Å². The maximum Gasteiger partial charge on any atom is 0.315 e. The van der Waals surface area contributed by atoms with Crippen LogP contribution in [0, 0.1) is 0 Å². The molecule has 0 radical (unpaired) electrons. The molecule has 0 aromatic heterocycles. The molecule has 0 unspecified atom stereocenters. The first-order valence-electron chi connectivity index (χ1n) is 7.94. The molecular formula is C16H21N3O4. The number of anilines is 1. The first-order chi connectivity index (χ1) is 11.2. The molecule has 124 valence electrons. The van der Waals surface area contributed by atoms with Crippen LogP contribution < -0.4 is 25.4 Å². The number of carbonyl (C=O) groups is 2. The van der Waals surface area contributed by atoms with E-state index >= 15 is 0 Å². The molecule has 0 saturated heterocycles. The van der Waals surface area contributed by atoms with Crippen molar-refractivity contribution < 1.29 is 19.1 Å². The molecule has 7 heteroatoms. The summed E-state index contributed by atoms with van der Waals surface area (Å²) in [4.78, 5) is 23.7. The Morgan fingerprint density at radius 3 is 2.70 bits per heavy atom. The van der Waals surface area contributed by atoms with Crippen LogP contribution in [0.5, 0.6) is 11.5 Å². The Morgan fingerprint density at radius 1 is 1.09 bits per heavy atom. The van der Waals surface area contributed by atoms with E-state index in [-0.39, 0.29) is 31.3 Å². The van der Waals surface area contributed by atoms with Gasteiger partial charge in [-0.1, -0.05) is 19.3 Å². The van der Waals surface area contributed by atoms with Crippen molar-refractivity contribution >= 4 is 17.6 Å². The Balaban J connectivity index is 1.41. The van der Waals surface area contributed by atoms with E-state index in [1.807, 2.05) is 0 Å². The molecule has 3 amide bonds. The number of hydrogen-bond acceptors (Lipinski definition) is 4. The van der Waals surface area contributed by atoms with Gasteiger partial charge in [0.15, 0.2) is 11.5 Å². The number of hydrogen-bond donors (Lipinski definition) is 3. The topological polar surface area (TPSA) is 88.7 Å². The third-order valence-corrected chi connectivity index (χ3v) is 4.01. The molecule has 1 fully saturated rings. The Morgan fingerprint density at radius 2 is 1.87 bits per heavy atom. The normalized spacial score (nSPS) is 16.7. The quantitative estimate of drug-likeness (QED) is 0.792. The van der Waals surface area contributed by atoms with Gasteiger partial charge in [0.1, 0.15) is 0 Å². The second kappa shape index (κ2) is 7.21. The minimum atomic E-state index is -0.294. The highest BCUT2D eigenvalue weighted by atomic mass is 16.7. The van der Waals surface area contributed by atoms with Crippen LogP contribution in [0.1, 0.15) is 32.1 Å². The minimum absolute atomic E-state index is 0.0764. The number of fused-ring (bicyclic) bond motifs is 1. The number of ether oxygens (including phenoxy) is 2. The van der Waals surface area contributed by atoms with Gasteiger partial charge in [-0.15, -0.1) is 0 Å². The minimum Gasteiger partial charge on any atom is -0.454 e. The lowest BCUT2D eigenvalue weighted by Crippen LogP contribution is -2.45. The zero-order valence-electron chi connectivity index (χ0n) is 12.9. The van der Waals surface area contributed by atoms with Gasteiger partial charge in [0.2, 0.25) is 12.7 Å². The number of urea groups is 1. The predicted octanol–water partition coefficient (Wildman–Crippen LogP) is 1.99. The summed E-state index contributed by atoms with van der Waals surface area (Å²) >= 11 is 0. The molecule has 0 bridgehead atoms. The predicted molar refractivity (Wildman–Crippen MR) is 84.6 cm³/mol. The summed E-state index contributed by atoms with van der Waals surface area (Å²) in [7, 11) is 0. The maximum absolute atomic E-state index is 11.9. The van der Waals surface area contributed by atoms with Crippen molar-refractivity contribution in [3.63, 3.8) is 0 Å². The third kappa shape index (κ3) is 4.28. The van der Waals surface area contributed by atoms with Gasteiger partial charge in [-0.25, -0.2) is 4.79 Å². The average Bonchev–Trinajstić information content (AvgIpc) is 3.01. The van der Waals surface area contributed by atoms with Crippen molar-refractivity contribution in [1.29, 1.82) is 0 Å². The summed E-state index contributed by atoms with van der Waals surface area (Å²) in [5, 5.41) is 8.20. The van der Waals surface area contributed by atoms with E-state index in [2.05, 4.69) is 16.0 Å². The van der Waals surface area contributed by atoms with E-state index < -0.39 is 0 Å². The van der Waals surface area contributed by atoms with Gasteiger partial charge in [0, 0.05) is 17.8 Å². The number of rotatable bonds is 4. The monoisotopic (exact) mass is 319 g/mol. The Hall–Kier alpha value is -2.44. The van der Waals surface area contributed by atoms with Gasteiger partial charge in [0.05, 0.1) is 6.54 Å². The molecule has 3 rings (SSSR count). The molecule has 1 aromatic rings. The van der Waals surface area contributed by atoms with Gasteiger partial charge in [-0.2, -0.15) is 0 Å². The van der Waals surface area contributed by atoms with Crippen molar-refractivity contribution in [2.24, 2.45) is 0 Å². The van der Waals surface area contributed by atoms with Crippen molar-refractivity contribution in [3.05, 3.63) is 18.2 Å². The SMILES string of the molecule is O=C(CNC(=O)NC1CCCCC1)Nc1ccc2c(c1)OCO2. The molecule has 1 saturated carbocycles. The highest BCUT2D eigenvalue weighted by molar-refractivity contribution is 5.94. The highest BCUT2D eigenvalue weighted by Gasteiger charge is 2.17. The summed E-state index contributed by atoms with van der Waals surface area (Å²) in [5.41, 5.74) is 0.605. The van der Waals surface area contributed by atoms with Crippen LogP contribution in [0.4, 0.5) is 10.5 Å². The van der Waals surface area contributed by atoms with Gasteiger partial charge in [0.25, 0.3) is 0 Å². The molecule has 2 aliphatic rings. The summed E-state index contributed by atoms with van der Waals surface area (Å²) in [5.74, 6) is 0.974. The second-order valence-corrected chi connectivity index (χ2v) is 5.78. The smallest absolute Gasteiger partial charge is 0.315 e. The van der Waals surface area contributed by atoms with E-state index in [9.17, 15) is 9.59 Å². The Bertz CT molecular complexity index is 585. The summed E-state index contributed by atoms with van der Waals surface area (Å²) in [6, 6.07) is 5.09. The van der Waals surface area contributed by atoms with Crippen LogP contribution in [0.25, 0.3) is 0 Å². The molecule has 1 aromatic carbocycles. The summed E-state index contributed by atoms with van der Waals surface area (Å²) in [6.07, 6.45) is 5.55. The van der Waals surface area contributed by atoms with Crippen molar-refractivity contribution in [2.45, 2.75) is 38.1 Å².